The molecule has 8 nitrogen and oxygen atoms in total. The number of fused-ring (bicyclic) bond motifs is 1. The fourth-order valence-corrected chi connectivity index (χ4v) is 8.14. The minimum atomic E-state index is -3.73. The van der Waals surface area contributed by atoms with E-state index in [2.05, 4.69) is 4.99 Å². The smallest absolute Gasteiger partial charge is 0.325 e. The maximum Gasteiger partial charge on any atom is 0.325 e. The highest BCUT2D eigenvalue weighted by Crippen LogP contribution is 2.31. The highest BCUT2D eigenvalue weighted by atomic mass is 35.5. The van der Waals surface area contributed by atoms with E-state index in [4.69, 9.17) is 16.3 Å². The van der Waals surface area contributed by atoms with Crippen LogP contribution in [0.15, 0.2) is 33.5 Å². The van der Waals surface area contributed by atoms with Crippen LogP contribution in [0.25, 0.3) is 10.2 Å². The molecule has 12 heteroatoms. The largest absolute Gasteiger partial charge is 0.468 e. The van der Waals surface area contributed by atoms with Crippen LogP contribution in [0.1, 0.15) is 24.0 Å². The summed E-state index contributed by atoms with van der Waals surface area (Å²) < 4.78 is 35.3. The quantitative estimate of drug-likeness (QED) is 0.458. The summed E-state index contributed by atoms with van der Waals surface area (Å²) in [6.07, 6.45) is 1.09. The topological polar surface area (TPSA) is 98.0 Å². The van der Waals surface area contributed by atoms with Gasteiger partial charge < -0.3 is 9.30 Å². The lowest BCUT2D eigenvalue weighted by Gasteiger charge is -2.29. The number of esters is 1. The van der Waals surface area contributed by atoms with Gasteiger partial charge in [0.25, 0.3) is 15.9 Å². The van der Waals surface area contributed by atoms with Crippen molar-refractivity contribution in [1.29, 1.82) is 0 Å². The fraction of sp³-hybridized carbons (Fsp3) is 0.409. The van der Waals surface area contributed by atoms with Crippen LogP contribution in [0.3, 0.4) is 0 Å². The zero-order valence-electron chi connectivity index (χ0n) is 18.9. The Morgan fingerprint density at radius 3 is 2.62 bits per heavy atom. The molecule has 1 aromatic carbocycles. The molecule has 0 saturated carbocycles. The number of amides is 1. The number of aromatic nitrogens is 1. The van der Waals surface area contributed by atoms with Gasteiger partial charge in [0.2, 0.25) is 0 Å². The van der Waals surface area contributed by atoms with Crippen LogP contribution in [0.4, 0.5) is 0 Å². The van der Waals surface area contributed by atoms with Crippen molar-refractivity contribution < 1.29 is 22.7 Å². The first-order valence-electron chi connectivity index (χ1n) is 10.6. The highest BCUT2D eigenvalue weighted by Gasteiger charge is 2.34. The van der Waals surface area contributed by atoms with Gasteiger partial charge in [-0.15, -0.1) is 11.3 Å². The molecule has 1 atom stereocenters. The molecule has 1 aliphatic rings. The first-order valence-corrected chi connectivity index (χ1v) is 14.1. The summed E-state index contributed by atoms with van der Waals surface area (Å²) in [4.78, 5) is 30.0. The molecule has 4 rings (SSSR count). The van der Waals surface area contributed by atoms with Gasteiger partial charge in [0, 0.05) is 13.1 Å². The number of sulfonamides is 1. The van der Waals surface area contributed by atoms with Crippen molar-refractivity contribution in [1.82, 2.24) is 8.87 Å². The molecular formula is C22H24ClN3O5S3. The molecule has 3 aromatic rings. The molecule has 1 unspecified atom stereocenters. The Morgan fingerprint density at radius 1 is 1.21 bits per heavy atom. The van der Waals surface area contributed by atoms with E-state index in [1.54, 1.807) is 10.6 Å². The number of thiophene rings is 1. The molecular weight excluding hydrogens is 518 g/mol. The third kappa shape index (κ3) is 4.99. The Kier molecular flexibility index (Phi) is 7.30. The van der Waals surface area contributed by atoms with Crippen molar-refractivity contribution in [2.75, 3.05) is 20.2 Å². The van der Waals surface area contributed by atoms with Crippen molar-refractivity contribution in [3.8, 4) is 0 Å². The second kappa shape index (κ2) is 9.90. The summed E-state index contributed by atoms with van der Waals surface area (Å²) >= 11 is 8.24. The van der Waals surface area contributed by atoms with E-state index in [1.165, 1.54) is 28.8 Å². The minimum Gasteiger partial charge on any atom is -0.468 e. The van der Waals surface area contributed by atoms with Gasteiger partial charge in [-0.3, -0.25) is 9.59 Å². The highest BCUT2D eigenvalue weighted by molar-refractivity contribution is 7.91. The average Bonchev–Trinajstić information content (AvgIpc) is 3.38. The van der Waals surface area contributed by atoms with E-state index in [9.17, 15) is 18.0 Å². The van der Waals surface area contributed by atoms with Gasteiger partial charge in [0.05, 0.1) is 27.6 Å². The molecule has 0 spiro atoms. The van der Waals surface area contributed by atoms with E-state index >= 15 is 0 Å². The normalized spacial score (nSPS) is 17.9. The average molecular weight is 542 g/mol. The van der Waals surface area contributed by atoms with Gasteiger partial charge in [-0.1, -0.05) is 22.9 Å². The summed E-state index contributed by atoms with van der Waals surface area (Å²) in [6.45, 7) is 4.30. The predicted molar refractivity (Wildman–Crippen MR) is 133 cm³/mol. The van der Waals surface area contributed by atoms with Crippen LogP contribution in [-0.2, 0) is 30.9 Å². The lowest BCUT2D eigenvalue weighted by molar-refractivity contribution is -0.141. The van der Waals surface area contributed by atoms with Crippen LogP contribution in [0.5, 0.6) is 0 Å². The van der Waals surface area contributed by atoms with E-state index in [1.807, 2.05) is 26.0 Å². The van der Waals surface area contributed by atoms with Crippen molar-refractivity contribution in [3.63, 3.8) is 0 Å². The zero-order chi connectivity index (χ0) is 24.6. The monoisotopic (exact) mass is 541 g/mol. The van der Waals surface area contributed by atoms with Gasteiger partial charge in [-0.2, -0.15) is 9.30 Å². The van der Waals surface area contributed by atoms with E-state index < -0.39 is 27.8 Å². The van der Waals surface area contributed by atoms with Crippen molar-refractivity contribution in [2.24, 2.45) is 10.9 Å². The summed E-state index contributed by atoms with van der Waals surface area (Å²) in [5.41, 5.74) is 2.95. The molecule has 1 saturated heterocycles. The number of nitrogens with zero attached hydrogens (tertiary/aromatic N) is 3. The predicted octanol–water partition coefficient (Wildman–Crippen LogP) is 3.74. The number of methoxy groups -OCH3 is 1. The van der Waals surface area contributed by atoms with Crippen molar-refractivity contribution >= 4 is 66.4 Å². The van der Waals surface area contributed by atoms with Crippen molar-refractivity contribution in [3.05, 3.63) is 44.5 Å². The number of rotatable bonds is 5. The van der Waals surface area contributed by atoms with Gasteiger partial charge in [0.1, 0.15) is 10.8 Å². The SMILES string of the molecule is COC(=O)Cn1c(=NC(=O)C2CCCN(S(=O)(=O)c3ccc(Cl)s3)C2)sc2cc(C)c(C)cc21. The number of piperidine rings is 1. The number of carbonyl (C=O) groups is 2. The molecule has 0 aliphatic carbocycles. The third-order valence-electron chi connectivity index (χ3n) is 5.90. The molecule has 182 valence electrons. The number of hydrogen-bond acceptors (Lipinski definition) is 7. The van der Waals surface area contributed by atoms with Crippen LogP contribution >= 0.6 is 34.3 Å². The first kappa shape index (κ1) is 25.1. The summed E-state index contributed by atoms with van der Waals surface area (Å²) in [7, 11) is -2.42. The Labute approximate surface area is 210 Å². The molecule has 0 radical (unpaired) electrons. The first-order chi connectivity index (χ1) is 16.1. The number of carbonyl (C=O) groups excluding carboxylic acids is 2. The Morgan fingerprint density at radius 2 is 1.94 bits per heavy atom. The van der Waals surface area contributed by atoms with Gasteiger partial charge in [-0.05, 0) is 62.1 Å². The molecule has 1 amide bonds. The molecule has 2 aromatic heterocycles. The van der Waals surface area contributed by atoms with Crippen LogP contribution in [0, 0.1) is 19.8 Å². The number of benzene rings is 1. The number of hydrogen-bond donors (Lipinski definition) is 0. The number of ether oxygens (including phenoxy) is 1. The second-order valence-corrected chi connectivity index (χ2v) is 13.1. The molecule has 1 aliphatic heterocycles. The van der Waals surface area contributed by atoms with Crippen LogP contribution < -0.4 is 4.80 Å². The summed E-state index contributed by atoms with van der Waals surface area (Å²) in [5, 5.41) is 0. The van der Waals surface area contributed by atoms with Gasteiger partial charge in [-0.25, -0.2) is 8.42 Å². The Bertz CT molecular complexity index is 1440. The maximum atomic E-state index is 13.2. The van der Waals surface area contributed by atoms with Crippen molar-refractivity contribution in [2.45, 2.75) is 37.4 Å². The molecule has 0 bridgehead atoms. The van der Waals surface area contributed by atoms with Crippen LogP contribution in [0.2, 0.25) is 4.34 Å². The Hall–Kier alpha value is -2.05. The second-order valence-electron chi connectivity index (χ2n) is 8.16. The molecule has 3 heterocycles. The lowest BCUT2D eigenvalue weighted by Crippen LogP contribution is -2.42. The maximum absolute atomic E-state index is 13.2. The number of thiazole rings is 1. The van der Waals surface area contributed by atoms with E-state index in [0.717, 1.165) is 32.7 Å². The van der Waals surface area contributed by atoms with E-state index in [-0.39, 0.29) is 17.3 Å². The fourth-order valence-electron chi connectivity index (χ4n) is 3.86. The summed E-state index contributed by atoms with van der Waals surface area (Å²) in [5.74, 6) is -1.42. The van der Waals surface area contributed by atoms with Gasteiger partial charge in [0.15, 0.2) is 4.80 Å². The van der Waals surface area contributed by atoms with Crippen LogP contribution in [-0.4, -0.2) is 49.4 Å². The minimum absolute atomic E-state index is 0.0559. The molecule has 34 heavy (non-hydrogen) atoms. The standard InChI is InChI=1S/C22H24ClN3O5S3/c1-13-9-16-17(10-14(13)2)32-22(26(16)12-19(27)31-3)24-21(28)15-5-4-8-25(11-15)34(29,30)20-7-6-18(23)33-20/h6-7,9-10,15H,4-5,8,11-12H2,1-3H3. The molecule has 0 N–H and O–H groups in total. The van der Waals surface area contributed by atoms with Gasteiger partial charge >= 0.3 is 5.97 Å². The zero-order valence-corrected chi connectivity index (χ0v) is 22.1. The number of aryl methyl sites for hydroxylation is 2. The van der Waals surface area contributed by atoms with E-state index in [0.29, 0.717) is 28.5 Å². The molecule has 1 fully saturated rings. The Balaban J connectivity index is 1.67. The summed E-state index contributed by atoms with van der Waals surface area (Å²) in [6, 6.07) is 7.00. The third-order valence-corrected chi connectivity index (χ3v) is 10.5. The number of halogens is 1. The lowest BCUT2D eigenvalue weighted by atomic mass is 9.99.